The van der Waals surface area contributed by atoms with Gasteiger partial charge in [0, 0.05) is 10.4 Å². The van der Waals surface area contributed by atoms with E-state index in [1.54, 1.807) is 35.8 Å². The highest BCUT2D eigenvalue weighted by Crippen LogP contribution is 2.12. The Morgan fingerprint density at radius 3 is 2.95 bits per heavy atom. The van der Waals surface area contributed by atoms with E-state index in [1.807, 2.05) is 17.5 Å². The topological polar surface area (TPSA) is 73.0 Å². The Kier molecular flexibility index (Phi) is 3.44. The fourth-order valence-corrected chi connectivity index (χ4v) is 2.56. The van der Waals surface area contributed by atoms with Gasteiger partial charge in [0.25, 0.3) is 5.91 Å². The van der Waals surface area contributed by atoms with Gasteiger partial charge in [0.1, 0.15) is 0 Å². The lowest BCUT2D eigenvalue weighted by molar-refractivity contribution is 0.0955. The molecule has 0 saturated heterocycles. The van der Waals surface area contributed by atoms with Gasteiger partial charge >= 0.3 is 0 Å². The molecule has 0 atom stereocenters. The molecule has 5 nitrogen and oxygen atoms in total. The molecule has 3 N–H and O–H groups in total. The number of fused-ring (bicyclic) bond motifs is 1. The van der Waals surface area contributed by atoms with E-state index < -0.39 is 0 Å². The summed E-state index contributed by atoms with van der Waals surface area (Å²) in [5, 5.41) is 5.87. The van der Waals surface area contributed by atoms with Crippen LogP contribution in [0, 0.1) is 4.77 Å². The number of H-pyrrole nitrogens is 2. The Bertz CT molecular complexity index is 830. The van der Waals surface area contributed by atoms with Crippen molar-refractivity contribution < 1.29 is 4.79 Å². The van der Waals surface area contributed by atoms with Crippen molar-refractivity contribution in [3.8, 4) is 0 Å². The van der Waals surface area contributed by atoms with E-state index in [0.29, 0.717) is 10.3 Å². The van der Waals surface area contributed by atoms with Crippen LogP contribution in [0.25, 0.3) is 11.0 Å². The van der Waals surface area contributed by atoms with Gasteiger partial charge in [-0.15, -0.1) is 11.3 Å². The molecule has 0 fully saturated rings. The molecule has 100 valence electrons. The van der Waals surface area contributed by atoms with Crippen molar-refractivity contribution in [1.82, 2.24) is 15.4 Å². The van der Waals surface area contributed by atoms with Gasteiger partial charge in [-0.25, -0.2) is 5.43 Å². The third kappa shape index (κ3) is 2.68. The molecule has 1 aromatic carbocycles. The predicted molar refractivity (Wildman–Crippen MR) is 82.9 cm³/mol. The van der Waals surface area contributed by atoms with Crippen LogP contribution in [0.2, 0.25) is 0 Å². The lowest BCUT2D eigenvalue weighted by Gasteiger charge is -1.99. The maximum absolute atomic E-state index is 12.0. The molecule has 3 rings (SSSR count). The number of aromatic amines is 2. The van der Waals surface area contributed by atoms with E-state index >= 15 is 0 Å². The lowest BCUT2D eigenvalue weighted by atomic mass is 10.2. The second-order valence-electron chi connectivity index (χ2n) is 4.05. The van der Waals surface area contributed by atoms with Crippen molar-refractivity contribution >= 4 is 46.7 Å². The molecule has 0 aliphatic heterocycles. The van der Waals surface area contributed by atoms with Gasteiger partial charge in [-0.05, 0) is 41.9 Å². The lowest BCUT2D eigenvalue weighted by Crippen LogP contribution is -2.17. The minimum Gasteiger partial charge on any atom is -0.331 e. The van der Waals surface area contributed by atoms with E-state index in [4.69, 9.17) is 12.2 Å². The number of nitrogens with zero attached hydrogens (tertiary/aromatic N) is 1. The summed E-state index contributed by atoms with van der Waals surface area (Å²) in [6.45, 7) is 0. The molecule has 0 aliphatic carbocycles. The van der Waals surface area contributed by atoms with E-state index in [0.717, 1.165) is 15.9 Å². The summed E-state index contributed by atoms with van der Waals surface area (Å²) < 4.78 is 0.535. The Balaban J connectivity index is 1.76. The number of imidazole rings is 1. The second kappa shape index (κ2) is 5.40. The highest BCUT2D eigenvalue weighted by molar-refractivity contribution is 7.71. The number of carbonyl (C=O) groups is 1. The fraction of sp³-hybridized carbons (Fsp3) is 0. The summed E-state index contributed by atoms with van der Waals surface area (Å²) >= 11 is 6.56. The van der Waals surface area contributed by atoms with E-state index in [-0.39, 0.29) is 5.91 Å². The number of hydrogen-bond donors (Lipinski definition) is 3. The number of nitrogens with one attached hydrogen (secondary N) is 3. The molecule has 3 aromatic rings. The second-order valence-corrected chi connectivity index (χ2v) is 5.44. The van der Waals surface area contributed by atoms with Crippen molar-refractivity contribution in [2.45, 2.75) is 0 Å². The zero-order valence-electron chi connectivity index (χ0n) is 10.2. The van der Waals surface area contributed by atoms with Crippen LogP contribution in [0.1, 0.15) is 15.2 Å². The van der Waals surface area contributed by atoms with Crippen LogP contribution in [0.5, 0.6) is 0 Å². The Morgan fingerprint density at radius 1 is 1.30 bits per heavy atom. The third-order valence-electron chi connectivity index (χ3n) is 2.68. The van der Waals surface area contributed by atoms with Crippen LogP contribution in [0.15, 0.2) is 40.8 Å². The van der Waals surface area contributed by atoms with Gasteiger partial charge in [-0.1, -0.05) is 6.07 Å². The zero-order chi connectivity index (χ0) is 13.9. The third-order valence-corrected chi connectivity index (χ3v) is 3.69. The number of thiophene rings is 1. The minimum absolute atomic E-state index is 0.264. The number of aromatic nitrogens is 2. The quantitative estimate of drug-likeness (QED) is 0.395. The highest BCUT2D eigenvalue weighted by Gasteiger charge is 2.06. The first kappa shape index (κ1) is 12.8. The zero-order valence-corrected chi connectivity index (χ0v) is 11.8. The van der Waals surface area contributed by atoms with Gasteiger partial charge in [0.2, 0.25) is 0 Å². The van der Waals surface area contributed by atoms with Gasteiger partial charge in [0.15, 0.2) is 4.77 Å². The van der Waals surface area contributed by atoms with Crippen molar-refractivity contribution in [1.29, 1.82) is 0 Å². The Morgan fingerprint density at radius 2 is 2.15 bits per heavy atom. The van der Waals surface area contributed by atoms with Crippen LogP contribution in [-0.2, 0) is 0 Å². The average molecular weight is 302 g/mol. The number of rotatable bonds is 3. The number of carbonyl (C=O) groups excluding carboxylic acids is 1. The molecule has 7 heteroatoms. The van der Waals surface area contributed by atoms with E-state index in [1.165, 1.54) is 0 Å². The van der Waals surface area contributed by atoms with Crippen LogP contribution in [0.4, 0.5) is 0 Å². The van der Waals surface area contributed by atoms with Gasteiger partial charge in [-0.3, -0.25) is 4.79 Å². The molecular formula is C13H10N4OS2. The molecule has 0 radical (unpaired) electrons. The van der Waals surface area contributed by atoms with Crippen LogP contribution >= 0.6 is 23.6 Å². The van der Waals surface area contributed by atoms with Crippen LogP contribution in [0.3, 0.4) is 0 Å². The predicted octanol–water partition coefficient (Wildman–Crippen LogP) is 3.05. The first-order valence-electron chi connectivity index (χ1n) is 5.81. The summed E-state index contributed by atoms with van der Waals surface area (Å²) in [6.07, 6.45) is 1.62. The summed E-state index contributed by atoms with van der Waals surface area (Å²) in [5.74, 6) is -0.264. The normalized spacial score (nSPS) is 11.2. The highest BCUT2D eigenvalue weighted by atomic mass is 32.1. The first-order valence-corrected chi connectivity index (χ1v) is 7.10. The molecule has 1 amide bonds. The molecule has 20 heavy (non-hydrogen) atoms. The summed E-state index contributed by atoms with van der Waals surface area (Å²) in [6, 6.07) is 9.11. The summed E-state index contributed by atoms with van der Waals surface area (Å²) in [4.78, 5) is 18.9. The van der Waals surface area contributed by atoms with Crippen molar-refractivity contribution in [2.75, 3.05) is 0 Å². The SMILES string of the molecule is O=C(N/N=C\c1cccs1)c1ccc2[nH]c(=S)[nH]c2c1. The summed E-state index contributed by atoms with van der Waals surface area (Å²) in [7, 11) is 0. The molecule has 0 bridgehead atoms. The molecule has 0 aliphatic rings. The molecule has 0 saturated carbocycles. The van der Waals surface area contributed by atoms with E-state index in [9.17, 15) is 4.79 Å². The minimum atomic E-state index is -0.264. The largest absolute Gasteiger partial charge is 0.331 e. The van der Waals surface area contributed by atoms with E-state index in [2.05, 4.69) is 20.5 Å². The molecule has 0 unspecified atom stereocenters. The molecule has 2 aromatic heterocycles. The van der Waals surface area contributed by atoms with Crippen molar-refractivity contribution in [3.63, 3.8) is 0 Å². The Hall–Kier alpha value is -2.25. The summed E-state index contributed by atoms with van der Waals surface area (Å²) in [5.41, 5.74) is 4.68. The standard InChI is InChI=1S/C13H10N4OS2/c18-12(17-14-7-9-2-1-5-20-9)8-3-4-10-11(6-8)16-13(19)15-10/h1-7H,(H,17,18)(H2,15,16,19)/b14-7-. The molecule has 2 heterocycles. The van der Waals surface area contributed by atoms with Crippen LogP contribution in [-0.4, -0.2) is 22.1 Å². The fourth-order valence-electron chi connectivity index (χ4n) is 1.76. The number of hydrogen-bond acceptors (Lipinski definition) is 4. The smallest absolute Gasteiger partial charge is 0.271 e. The average Bonchev–Trinajstić information content (AvgIpc) is 3.05. The molecule has 0 spiro atoms. The van der Waals surface area contributed by atoms with Crippen molar-refractivity contribution in [2.24, 2.45) is 5.10 Å². The van der Waals surface area contributed by atoms with Gasteiger partial charge in [-0.2, -0.15) is 5.10 Å². The maximum Gasteiger partial charge on any atom is 0.271 e. The Labute approximate surface area is 123 Å². The van der Waals surface area contributed by atoms with Gasteiger partial charge < -0.3 is 9.97 Å². The van der Waals surface area contributed by atoms with Gasteiger partial charge in [0.05, 0.1) is 17.2 Å². The van der Waals surface area contributed by atoms with Crippen molar-refractivity contribution in [3.05, 3.63) is 50.9 Å². The first-order chi connectivity index (χ1) is 9.72. The number of hydrazone groups is 1. The van der Waals surface area contributed by atoms with Crippen LogP contribution < -0.4 is 5.43 Å². The monoisotopic (exact) mass is 302 g/mol. The maximum atomic E-state index is 12.0. The molecular weight excluding hydrogens is 292 g/mol. The number of amides is 1. The number of benzene rings is 1.